The zero-order chi connectivity index (χ0) is 20.8. The lowest BCUT2D eigenvalue weighted by atomic mass is 9.88. The fourth-order valence-corrected chi connectivity index (χ4v) is 4.22. The number of pyridine rings is 1. The Balaban J connectivity index is 1.28. The highest BCUT2D eigenvalue weighted by atomic mass is 32.2. The zero-order valence-electron chi connectivity index (χ0n) is 16.7. The van der Waals surface area contributed by atoms with Crippen LogP contribution in [-0.4, -0.2) is 46.4 Å². The predicted molar refractivity (Wildman–Crippen MR) is 114 cm³/mol. The summed E-state index contributed by atoms with van der Waals surface area (Å²) < 4.78 is 25.8. The molecule has 30 heavy (non-hydrogen) atoms. The van der Waals surface area contributed by atoms with Gasteiger partial charge in [-0.3, -0.25) is 9.88 Å². The first kappa shape index (κ1) is 20.6. The number of thiol groups is 1. The third-order valence-electron chi connectivity index (χ3n) is 5.44. The minimum absolute atomic E-state index is 0.347. The number of hydrogen-bond donors (Lipinski definition) is 2. The molecule has 8 nitrogen and oxygen atoms in total. The Morgan fingerprint density at radius 1 is 1.03 bits per heavy atom. The van der Waals surface area contributed by atoms with Crippen molar-refractivity contribution in [1.82, 2.24) is 29.6 Å². The lowest BCUT2D eigenvalue weighted by Gasteiger charge is -2.31. The topological polar surface area (TPSA) is 93.0 Å². The lowest BCUT2D eigenvalue weighted by Crippen LogP contribution is -2.32. The van der Waals surface area contributed by atoms with Crippen molar-refractivity contribution in [3.63, 3.8) is 0 Å². The molecule has 0 amide bonds. The molecule has 0 radical (unpaired) electrons. The third kappa shape index (κ3) is 5.71. The zero-order valence-corrected chi connectivity index (χ0v) is 17.6. The van der Waals surface area contributed by atoms with Crippen LogP contribution in [0.3, 0.4) is 0 Å². The van der Waals surface area contributed by atoms with Crippen LogP contribution >= 0.6 is 0 Å². The number of nitrogens with zero attached hydrogens (tertiary/aromatic N) is 5. The summed E-state index contributed by atoms with van der Waals surface area (Å²) in [5.41, 5.74) is 4.23. The lowest BCUT2D eigenvalue weighted by molar-refractivity contribution is 0.202. The molecule has 0 unspecified atom stereocenters. The third-order valence-corrected chi connectivity index (χ3v) is 5.86. The van der Waals surface area contributed by atoms with Gasteiger partial charge in [-0.2, -0.15) is 0 Å². The van der Waals surface area contributed by atoms with E-state index >= 15 is 0 Å². The second kappa shape index (κ2) is 9.92. The van der Waals surface area contributed by atoms with Crippen LogP contribution in [0.25, 0.3) is 0 Å². The van der Waals surface area contributed by atoms with Gasteiger partial charge in [-0.1, -0.05) is 35.5 Å². The van der Waals surface area contributed by atoms with Crippen LogP contribution in [0.1, 0.15) is 41.3 Å². The molecule has 158 valence electrons. The van der Waals surface area contributed by atoms with Crippen molar-refractivity contribution in [2.75, 3.05) is 13.1 Å². The monoisotopic (exact) mass is 426 g/mol. The maximum Gasteiger partial charge on any atom is 0.201 e. The van der Waals surface area contributed by atoms with Crippen molar-refractivity contribution in [3.05, 3.63) is 77.4 Å². The van der Waals surface area contributed by atoms with E-state index in [1.807, 2.05) is 41.2 Å². The summed E-state index contributed by atoms with van der Waals surface area (Å²) in [6.45, 7) is 3.79. The van der Waals surface area contributed by atoms with Gasteiger partial charge in [0.2, 0.25) is 10.9 Å². The summed E-state index contributed by atoms with van der Waals surface area (Å²) >= 11 is 0. The molecular formula is C21H26N6O2S. The van der Waals surface area contributed by atoms with E-state index in [1.165, 1.54) is 5.56 Å². The van der Waals surface area contributed by atoms with Gasteiger partial charge in [0.1, 0.15) is 0 Å². The summed E-state index contributed by atoms with van der Waals surface area (Å²) in [6.07, 6.45) is 5.94. The molecule has 1 fully saturated rings. The van der Waals surface area contributed by atoms with Crippen LogP contribution < -0.4 is 4.72 Å². The number of likely N-dealkylation sites (tertiary alicyclic amines) is 1. The Morgan fingerprint density at radius 3 is 2.67 bits per heavy atom. The summed E-state index contributed by atoms with van der Waals surface area (Å²) in [6, 6.07) is 14.1. The number of hydrogen-bond acceptors (Lipinski definition) is 6. The van der Waals surface area contributed by atoms with Crippen LogP contribution in [-0.2, 0) is 30.5 Å². The predicted octanol–water partition coefficient (Wildman–Crippen LogP) is 1.72. The van der Waals surface area contributed by atoms with Gasteiger partial charge in [0.25, 0.3) is 0 Å². The van der Waals surface area contributed by atoms with E-state index in [9.17, 15) is 8.42 Å². The average Bonchev–Trinajstić information content (AvgIpc) is 3.20. The normalized spacial score (nSPS) is 15.6. The first-order chi connectivity index (χ1) is 14.7. The number of aromatic nitrogens is 4. The van der Waals surface area contributed by atoms with E-state index in [1.54, 1.807) is 6.20 Å². The molecule has 3 heterocycles. The smallest absolute Gasteiger partial charge is 0.201 e. The Kier molecular flexibility index (Phi) is 6.83. The Labute approximate surface area is 178 Å². The molecule has 4 rings (SSSR count). The Bertz CT molecular complexity index is 1020. The van der Waals surface area contributed by atoms with E-state index in [2.05, 4.69) is 37.1 Å². The van der Waals surface area contributed by atoms with Crippen molar-refractivity contribution in [1.29, 1.82) is 0 Å². The summed E-state index contributed by atoms with van der Waals surface area (Å²) in [4.78, 5) is 6.75. The Morgan fingerprint density at radius 2 is 1.90 bits per heavy atom. The van der Waals surface area contributed by atoms with E-state index in [-0.39, 0.29) is 0 Å². The second-order valence-electron chi connectivity index (χ2n) is 7.62. The molecule has 0 spiro atoms. The van der Waals surface area contributed by atoms with Crippen LogP contribution in [0.15, 0.2) is 54.9 Å². The van der Waals surface area contributed by atoms with Crippen molar-refractivity contribution < 1.29 is 8.42 Å². The van der Waals surface area contributed by atoms with Crippen molar-refractivity contribution in [3.8, 4) is 0 Å². The second-order valence-corrected chi connectivity index (χ2v) is 8.45. The molecule has 0 bridgehead atoms. The van der Waals surface area contributed by atoms with Crippen molar-refractivity contribution >= 4 is 10.9 Å². The maximum absolute atomic E-state index is 10.7. The molecule has 2 aromatic heterocycles. The first-order valence-corrected chi connectivity index (χ1v) is 11.3. The van der Waals surface area contributed by atoms with Crippen molar-refractivity contribution in [2.24, 2.45) is 0 Å². The molecule has 9 heteroatoms. The van der Waals surface area contributed by atoms with E-state index in [0.717, 1.165) is 49.4 Å². The van der Waals surface area contributed by atoms with E-state index in [4.69, 9.17) is 0 Å². The molecule has 0 aliphatic carbocycles. The molecule has 1 N–H and O–H groups in total. The quantitative estimate of drug-likeness (QED) is 0.533. The van der Waals surface area contributed by atoms with Gasteiger partial charge in [0, 0.05) is 19.3 Å². The fourth-order valence-electron chi connectivity index (χ4n) is 3.91. The van der Waals surface area contributed by atoms with Gasteiger partial charge in [-0.05, 0) is 55.1 Å². The molecular weight excluding hydrogens is 400 g/mol. The highest BCUT2D eigenvalue weighted by molar-refractivity contribution is 7.70. The van der Waals surface area contributed by atoms with Crippen LogP contribution in [0.2, 0.25) is 0 Å². The number of nitrogens with one attached hydrogen (secondary N) is 1. The van der Waals surface area contributed by atoms with Gasteiger partial charge in [-0.15, -0.1) is 5.10 Å². The van der Waals surface area contributed by atoms with Gasteiger partial charge in [0.15, 0.2) is 0 Å². The SMILES string of the molecule is O=[SH](=O)NCc1cccc(C2CCN(Cc3cn(Cc4ccccn4)nn3)CC2)c1. The minimum Gasteiger partial charge on any atom is -0.297 e. The molecule has 1 aliphatic rings. The molecule has 3 aromatic rings. The molecule has 1 aliphatic heterocycles. The van der Waals surface area contributed by atoms with E-state index < -0.39 is 10.9 Å². The van der Waals surface area contributed by atoms with Gasteiger partial charge in [0.05, 0.1) is 24.1 Å². The molecule has 1 saturated heterocycles. The fraction of sp³-hybridized carbons (Fsp3) is 0.381. The summed E-state index contributed by atoms with van der Waals surface area (Å²) in [7, 11) is -2.56. The van der Waals surface area contributed by atoms with Gasteiger partial charge < -0.3 is 0 Å². The minimum atomic E-state index is -2.56. The maximum atomic E-state index is 10.7. The van der Waals surface area contributed by atoms with E-state index in [0.29, 0.717) is 19.0 Å². The Hall–Kier alpha value is -2.62. The molecule has 1 aromatic carbocycles. The number of rotatable bonds is 8. The largest absolute Gasteiger partial charge is 0.297 e. The first-order valence-electron chi connectivity index (χ1n) is 10.1. The standard InChI is InChI=1S/C21H26N6O2S/c28-30(29)23-13-17-4-3-5-19(12-17)18-7-10-26(11-8-18)14-21-16-27(25-24-21)15-20-6-1-2-9-22-20/h1-6,9,12,16,18,30H,7-8,10-11,13-15H2,(H,23,28,29). The number of piperidine rings is 1. The van der Waals surface area contributed by atoms with Crippen LogP contribution in [0.5, 0.6) is 0 Å². The highest BCUT2D eigenvalue weighted by Crippen LogP contribution is 2.29. The van der Waals surface area contributed by atoms with Crippen LogP contribution in [0.4, 0.5) is 0 Å². The summed E-state index contributed by atoms with van der Waals surface area (Å²) in [5, 5.41) is 8.55. The molecule has 0 atom stereocenters. The number of benzene rings is 1. The van der Waals surface area contributed by atoms with Crippen molar-refractivity contribution in [2.45, 2.75) is 38.4 Å². The highest BCUT2D eigenvalue weighted by Gasteiger charge is 2.21. The van der Waals surface area contributed by atoms with Gasteiger partial charge in [-0.25, -0.2) is 17.8 Å². The summed E-state index contributed by atoms with van der Waals surface area (Å²) in [5.74, 6) is 0.502. The average molecular weight is 427 g/mol. The molecule has 0 saturated carbocycles. The van der Waals surface area contributed by atoms with Crippen LogP contribution in [0, 0.1) is 0 Å². The van der Waals surface area contributed by atoms with Gasteiger partial charge >= 0.3 is 0 Å².